The number of aliphatic carboxylic acids is 1. The first-order valence-corrected chi connectivity index (χ1v) is 15.3. The zero-order valence-corrected chi connectivity index (χ0v) is 23.4. The van der Waals surface area contributed by atoms with Gasteiger partial charge in [-0.2, -0.15) is 0 Å². The van der Waals surface area contributed by atoms with Gasteiger partial charge in [-0.1, -0.05) is 135 Å². The SMILES string of the molecule is COCC(O)CNCCCCCCCCCCCCCCCCCCCCCCCCCC(=O)O. The number of unbranched alkanes of at least 4 members (excludes halogenated alkanes) is 22. The lowest BCUT2D eigenvalue weighted by Gasteiger charge is -2.10. The van der Waals surface area contributed by atoms with E-state index in [1.165, 1.54) is 135 Å². The molecule has 0 aliphatic heterocycles. The highest BCUT2D eigenvalue weighted by atomic mass is 16.5. The van der Waals surface area contributed by atoms with Crippen LogP contribution in [0.2, 0.25) is 0 Å². The van der Waals surface area contributed by atoms with Crippen molar-refractivity contribution in [3.8, 4) is 0 Å². The Morgan fingerprint density at radius 2 is 0.914 bits per heavy atom. The van der Waals surface area contributed by atoms with Crippen LogP contribution in [0, 0.1) is 0 Å². The van der Waals surface area contributed by atoms with E-state index >= 15 is 0 Å². The standard InChI is InChI=1S/C30H61NO4/c1-35-28-29(32)27-31-26-24-22-20-18-16-14-12-10-8-6-4-2-3-5-7-9-11-13-15-17-19-21-23-25-30(33)34/h29,31-32H,2-28H2,1H3,(H,33,34). The minimum atomic E-state index is -0.656. The Morgan fingerprint density at radius 1 is 0.600 bits per heavy atom. The number of aliphatic hydroxyl groups excluding tert-OH is 1. The van der Waals surface area contributed by atoms with Gasteiger partial charge in [0.2, 0.25) is 0 Å². The van der Waals surface area contributed by atoms with Crippen LogP contribution in [-0.4, -0.2) is 49.1 Å². The molecule has 0 aliphatic rings. The molecule has 210 valence electrons. The van der Waals surface area contributed by atoms with Gasteiger partial charge in [0.15, 0.2) is 0 Å². The van der Waals surface area contributed by atoms with Gasteiger partial charge in [-0.25, -0.2) is 0 Å². The lowest BCUT2D eigenvalue weighted by Crippen LogP contribution is -2.30. The number of carboxylic acid groups (broad SMARTS) is 1. The van der Waals surface area contributed by atoms with Crippen molar-refractivity contribution in [2.45, 2.75) is 160 Å². The Morgan fingerprint density at radius 3 is 1.23 bits per heavy atom. The van der Waals surface area contributed by atoms with Crippen LogP contribution >= 0.6 is 0 Å². The summed E-state index contributed by atoms with van der Waals surface area (Å²) in [5.41, 5.74) is 0. The number of rotatable bonds is 30. The zero-order chi connectivity index (χ0) is 25.7. The molecule has 1 unspecified atom stereocenters. The van der Waals surface area contributed by atoms with E-state index in [1.807, 2.05) is 0 Å². The fourth-order valence-corrected chi connectivity index (χ4v) is 4.76. The Bertz CT molecular complexity index is 419. The minimum Gasteiger partial charge on any atom is -0.481 e. The number of methoxy groups -OCH3 is 1. The van der Waals surface area contributed by atoms with Crippen molar-refractivity contribution in [2.75, 3.05) is 26.8 Å². The van der Waals surface area contributed by atoms with E-state index < -0.39 is 5.97 Å². The quantitative estimate of drug-likeness (QED) is 0.0872. The molecule has 35 heavy (non-hydrogen) atoms. The summed E-state index contributed by atoms with van der Waals surface area (Å²) in [6.07, 6.45) is 30.7. The fourth-order valence-electron chi connectivity index (χ4n) is 4.76. The van der Waals surface area contributed by atoms with Crippen LogP contribution in [0.5, 0.6) is 0 Å². The van der Waals surface area contributed by atoms with Crippen molar-refractivity contribution >= 4 is 5.97 Å². The third-order valence-electron chi connectivity index (χ3n) is 6.98. The fraction of sp³-hybridized carbons (Fsp3) is 0.967. The molecule has 0 radical (unpaired) electrons. The second kappa shape index (κ2) is 29.6. The Labute approximate surface area is 218 Å². The summed E-state index contributed by atoms with van der Waals surface area (Å²) in [5, 5.41) is 21.5. The van der Waals surface area contributed by atoms with Gasteiger partial charge in [-0.15, -0.1) is 0 Å². The van der Waals surface area contributed by atoms with E-state index in [2.05, 4.69) is 5.32 Å². The van der Waals surface area contributed by atoms with Gasteiger partial charge >= 0.3 is 5.97 Å². The summed E-state index contributed by atoms with van der Waals surface area (Å²) in [6, 6.07) is 0. The molecule has 0 aromatic heterocycles. The highest BCUT2D eigenvalue weighted by molar-refractivity contribution is 5.66. The summed E-state index contributed by atoms with van der Waals surface area (Å²) >= 11 is 0. The van der Waals surface area contributed by atoms with Gasteiger partial charge in [-0.05, 0) is 19.4 Å². The molecular formula is C30H61NO4. The van der Waals surface area contributed by atoms with Crippen molar-refractivity contribution in [2.24, 2.45) is 0 Å². The molecule has 5 nitrogen and oxygen atoms in total. The normalized spacial score (nSPS) is 12.3. The molecule has 3 N–H and O–H groups in total. The number of ether oxygens (including phenoxy) is 1. The third kappa shape index (κ3) is 31.3. The Kier molecular flexibility index (Phi) is 29.0. The van der Waals surface area contributed by atoms with Crippen LogP contribution < -0.4 is 5.32 Å². The van der Waals surface area contributed by atoms with Gasteiger partial charge in [-0.3, -0.25) is 4.79 Å². The number of hydrogen-bond donors (Lipinski definition) is 3. The molecule has 0 aromatic carbocycles. The van der Waals surface area contributed by atoms with Crippen LogP contribution in [-0.2, 0) is 9.53 Å². The molecule has 1 atom stereocenters. The van der Waals surface area contributed by atoms with Crippen LogP contribution in [0.3, 0.4) is 0 Å². The predicted octanol–water partition coefficient (Wildman–Crippen LogP) is 8.03. The van der Waals surface area contributed by atoms with Gasteiger partial charge in [0.1, 0.15) is 0 Å². The molecule has 0 rings (SSSR count). The van der Waals surface area contributed by atoms with Crippen molar-refractivity contribution in [3.05, 3.63) is 0 Å². The summed E-state index contributed by atoms with van der Waals surface area (Å²) in [6.45, 7) is 2.05. The molecule has 0 fully saturated rings. The molecule has 5 heteroatoms. The number of hydrogen-bond acceptors (Lipinski definition) is 4. The minimum absolute atomic E-state index is 0.338. The molecular weight excluding hydrogens is 438 g/mol. The van der Waals surface area contributed by atoms with E-state index in [4.69, 9.17) is 9.84 Å². The summed E-state index contributed by atoms with van der Waals surface area (Å²) < 4.78 is 4.92. The van der Waals surface area contributed by atoms with E-state index in [-0.39, 0.29) is 6.10 Å². The number of nitrogens with one attached hydrogen (secondary N) is 1. The maximum Gasteiger partial charge on any atom is 0.303 e. The lowest BCUT2D eigenvalue weighted by atomic mass is 10.0. The van der Waals surface area contributed by atoms with E-state index in [0.29, 0.717) is 19.6 Å². The molecule has 0 aliphatic carbocycles. The molecule has 0 bridgehead atoms. The van der Waals surface area contributed by atoms with Crippen LogP contribution in [0.1, 0.15) is 154 Å². The molecule has 0 aromatic rings. The third-order valence-corrected chi connectivity index (χ3v) is 6.98. The van der Waals surface area contributed by atoms with E-state index in [1.54, 1.807) is 7.11 Å². The van der Waals surface area contributed by atoms with E-state index in [9.17, 15) is 9.90 Å². The van der Waals surface area contributed by atoms with Crippen LogP contribution in [0.25, 0.3) is 0 Å². The lowest BCUT2D eigenvalue weighted by molar-refractivity contribution is -0.137. The van der Waals surface area contributed by atoms with Gasteiger partial charge in [0.25, 0.3) is 0 Å². The topological polar surface area (TPSA) is 78.8 Å². The zero-order valence-electron chi connectivity index (χ0n) is 23.4. The van der Waals surface area contributed by atoms with Crippen molar-refractivity contribution in [3.63, 3.8) is 0 Å². The largest absolute Gasteiger partial charge is 0.481 e. The maximum atomic E-state index is 10.4. The van der Waals surface area contributed by atoms with E-state index in [0.717, 1.165) is 19.4 Å². The molecule has 0 spiro atoms. The summed E-state index contributed by atoms with van der Waals surface area (Å²) in [5.74, 6) is -0.656. The number of carbonyl (C=O) groups is 1. The highest BCUT2D eigenvalue weighted by Crippen LogP contribution is 2.15. The van der Waals surface area contributed by atoms with Gasteiger partial charge in [0.05, 0.1) is 12.7 Å². The second-order valence-electron chi connectivity index (χ2n) is 10.6. The molecule has 0 saturated heterocycles. The molecule has 0 amide bonds. The summed E-state index contributed by atoms with van der Waals surface area (Å²) in [7, 11) is 1.62. The van der Waals surface area contributed by atoms with Crippen LogP contribution in [0.4, 0.5) is 0 Å². The maximum absolute atomic E-state index is 10.4. The van der Waals surface area contributed by atoms with Gasteiger partial charge in [0, 0.05) is 20.1 Å². The number of aliphatic hydroxyl groups is 1. The first kappa shape index (κ1) is 34.4. The van der Waals surface area contributed by atoms with Crippen molar-refractivity contribution in [1.82, 2.24) is 5.32 Å². The predicted molar refractivity (Wildman–Crippen MR) is 149 cm³/mol. The van der Waals surface area contributed by atoms with Crippen molar-refractivity contribution < 1.29 is 19.7 Å². The van der Waals surface area contributed by atoms with Crippen molar-refractivity contribution in [1.29, 1.82) is 0 Å². The average Bonchev–Trinajstić information content (AvgIpc) is 2.83. The second-order valence-corrected chi connectivity index (χ2v) is 10.6. The van der Waals surface area contributed by atoms with Crippen LogP contribution in [0.15, 0.2) is 0 Å². The monoisotopic (exact) mass is 499 g/mol. The summed E-state index contributed by atoms with van der Waals surface area (Å²) in [4.78, 5) is 10.4. The molecule has 0 saturated carbocycles. The molecule has 0 heterocycles. The average molecular weight is 500 g/mol. The Hall–Kier alpha value is -0.650. The Balaban J connectivity index is 3.05. The van der Waals surface area contributed by atoms with Gasteiger partial charge < -0.3 is 20.3 Å². The smallest absolute Gasteiger partial charge is 0.303 e. The number of carboxylic acids is 1. The first-order chi connectivity index (χ1) is 17.2. The first-order valence-electron chi connectivity index (χ1n) is 15.3. The highest BCUT2D eigenvalue weighted by Gasteiger charge is 2.01.